The van der Waals surface area contributed by atoms with Crippen molar-refractivity contribution in [3.05, 3.63) is 108 Å². The van der Waals surface area contributed by atoms with E-state index in [9.17, 15) is 0 Å². The molecule has 3 heterocycles. The zero-order valence-corrected chi connectivity index (χ0v) is 19.7. The van der Waals surface area contributed by atoms with Crippen LogP contribution < -0.4 is 15.0 Å². The third kappa shape index (κ3) is 3.76. The summed E-state index contributed by atoms with van der Waals surface area (Å²) in [5.41, 5.74) is 6.70. The summed E-state index contributed by atoms with van der Waals surface area (Å²) in [6, 6.07) is 26.7. The minimum absolute atomic E-state index is 0.0343. The first-order valence-electron chi connectivity index (χ1n) is 11.0. The number of benzene rings is 2. The summed E-state index contributed by atoms with van der Waals surface area (Å²) in [4.78, 5) is 6.88. The highest BCUT2D eigenvalue weighted by molar-refractivity contribution is 7.80. The van der Waals surface area contributed by atoms with Crippen LogP contribution in [0.4, 0.5) is 5.69 Å². The van der Waals surface area contributed by atoms with E-state index in [2.05, 4.69) is 70.0 Å². The molecule has 1 aliphatic heterocycles. The second-order valence-electron chi connectivity index (χ2n) is 8.19. The van der Waals surface area contributed by atoms with Crippen LogP contribution in [0.2, 0.25) is 0 Å². The highest BCUT2D eigenvalue weighted by atomic mass is 32.1. The standard InChI is InChI=1S/C27H26N4OS/c1-18-17-23(19(2)30(18)21-12-14-22(32-3)15-13-21)26-25(24-11-7-8-16-28-24)29-27(33)31(26)20-9-5-4-6-10-20/h4-17,25-26H,1-3H3,(H,29,33). The summed E-state index contributed by atoms with van der Waals surface area (Å²) in [5, 5.41) is 4.25. The van der Waals surface area contributed by atoms with Crippen LogP contribution in [0.3, 0.4) is 0 Å². The molecule has 0 aliphatic carbocycles. The van der Waals surface area contributed by atoms with Gasteiger partial charge in [0.2, 0.25) is 0 Å². The van der Waals surface area contributed by atoms with E-state index < -0.39 is 0 Å². The maximum Gasteiger partial charge on any atom is 0.174 e. The molecule has 0 radical (unpaired) electrons. The van der Waals surface area contributed by atoms with Gasteiger partial charge in [0.05, 0.1) is 24.9 Å². The molecule has 0 amide bonds. The number of para-hydroxylation sites is 1. The molecule has 4 aromatic rings. The Labute approximate surface area is 199 Å². The molecule has 166 valence electrons. The molecular weight excluding hydrogens is 428 g/mol. The lowest BCUT2D eigenvalue weighted by Crippen LogP contribution is -2.29. The van der Waals surface area contributed by atoms with Gasteiger partial charge in [0.15, 0.2) is 5.11 Å². The van der Waals surface area contributed by atoms with Crippen molar-refractivity contribution in [1.29, 1.82) is 0 Å². The van der Waals surface area contributed by atoms with Gasteiger partial charge in [-0.3, -0.25) is 4.98 Å². The Morgan fingerprint density at radius 3 is 2.30 bits per heavy atom. The summed E-state index contributed by atoms with van der Waals surface area (Å²) in [6.07, 6.45) is 1.84. The molecule has 2 atom stereocenters. The third-order valence-corrected chi connectivity index (χ3v) is 6.57. The minimum atomic E-state index is -0.0660. The Morgan fingerprint density at radius 1 is 0.909 bits per heavy atom. The molecule has 1 fully saturated rings. The van der Waals surface area contributed by atoms with Gasteiger partial charge in [-0.25, -0.2) is 0 Å². The number of hydrogen-bond donors (Lipinski definition) is 1. The number of nitrogens with one attached hydrogen (secondary N) is 1. The van der Waals surface area contributed by atoms with Crippen LogP contribution in [0.25, 0.3) is 5.69 Å². The van der Waals surface area contributed by atoms with Crippen LogP contribution >= 0.6 is 12.2 Å². The predicted octanol–water partition coefficient (Wildman–Crippen LogP) is 5.67. The number of hydrogen-bond acceptors (Lipinski definition) is 3. The number of aryl methyl sites for hydroxylation is 1. The van der Waals surface area contributed by atoms with Crippen molar-refractivity contribution in [3.8, 4) is 11.4 Å². The molecule has 5 nitrogen and oxygen atoms in total. The number of nitrogens with zero attached hydrogens (tertiary/aromatic N) is 3. The first-order chi connectivity index (χ1) is 16.1. The van der Waals surface area contributed by atoms with Crippen LogP contribution in [0.1, 0.15) is 34.7 Å². The number of rotatable bonds is 5. The highest BCUT2D eigenvalue weighted by Crippen LogP contribution is 2.43. The fraction of sp³-hybridized carbons (Fsp3) is 0.185. The van der Waals surface area contributed by atoms with Crippen molar-refractivity contribution in [3.63, 3.8) is 0 Å². The van der Waals surface area contributed by atoms with Crippen LogP contribution in [0.5, 0.6) is 5.75 Å². The first-order valence-corrected chi connectivity index (χ1v) is 11.4. The maximum atomic E-state index is 5.85. The Kier molecular flexibility index (Phi) is 5.60. The van der Waals surface area contributed by atoms with Crippen molar-refractivity contribution in [2.75, 3.05) is 12.0 Å². The molecule has 1 N–H and O–H groups in total. The van der Waals surface area contributed by atoms with Crippen molar-refractivity contribution >= 4 is 23.0 Å². The van der Waals surface area contributed by atoms with Gasteiger partial charge in [0, 0.05) is 29.0 Å². The topological polar surface area (TPSA) is 42.3 Å². The molecule has 1 aliphatic rings. The average molecular weight is 455 g/mol. The molecule has 0 saturated carbocycles. The largest absolute Gasteiger partial charge is 0.497 e. The van der Waals surface area contributed by atoms with E-state index in [1.54, 1.807) is 7.11 Å². The van der Waals surface area contributed by atoms with E-state index in [1.165, 1.54) is 17.0 Å². The zero-order chi connectivity index (χ0) is 22.9. The SMILES string of the molecule is COc1ccc(-n2c(C)cc(C3C(c4ccccn4)NC(=S)N3c3ccccc3)c2C)cc1. The van der Waals surface area contributed by atoms with E-state index in [1.807, 2.05) is 48.7 Å². The molecule has 6 heteroatoms. The lowest BCUT2D eigenvalue weighted by atomic mass is 9.96. The van der Waals surface area contributed by atoms with Crippen LogP contribution in [0, 0.1) is 13.8 Å². The Morgan fingerprint density at radius 2 is 1.64 bits per heavy atom. The summed E-state index contributed by atoms with van der Waals surface area (Å²) in [5.74, 6) is 0.845. The second-order valence-corrected chi connectivity index (χ2v) is 8.58. The summed E-state index contributed by atoms with van der Waals surface area (Å²) in [6.45, 7) is 4.32. The normalized spacial score (nSPS) is 17.8. The summed E-state index contributed by atoms with van der Waals surface area (Å²) >= 11 is 5.85. The van der Waals surface area contributed by atoms with E-state index in [-0.39, 0.29) is 12.1 Å². The van der Waals surface area contributed by atoms with Gasteiger partial charge in [-0.05, 0) is 86.2 Å². The number of pyridine rings is 1. The van der Waals surface area contributed by atoms with Gasteiger partial charge in [-0.15, -0.1) is 0 Å². The van der Waals surface area contributed by atoms with E-state index in [0.29, 0.717) is 5.11 Å². The Balaban J connectivity index is 1.65. The zero-order valence-electron chi connectivity index (χ0n) is 18.9. The van der Waals surface area contributed by atoms with Crippen molar-refractivity contribution in [2.45, 2.75) is 25.9 Å². The monoisotopic (exact) mass is 454 g/mol. The molecule has 33 heavy (non-hydrogen) atoms. The molecule has 0 bridgehead atoms. The average Bonchev–Trinajstić information content (AvgIpc) is 3.35. The molecule has 5 rings (SSSR count). The minimum Gasteiger partial charge on any atom is -0.497 e. The third-order valence-electron chi connectivity index (χ3n) is 6.25. The highest BCUT2D eigenvalue weighted by Gasteiger charge is 2.42. The number of aromatic nitrogens is 2. The molecule has 2 unspecified atom stereocenters. The molecule has 2 aromatic heterocycles. The smallest absolute Gasteiger partial charge is 0.174 e. The van der Waals surface area contributed by atoms with E-state index in [4.69, 9.17) is 17.0 Å². The maximum absolute atomic E-state index is 5.85. The van der Waals surface area contributed by atoms with E-state index >= 15 is 0 Å². The van der Waals surface area contributed by atoms with Gasteiger partial charge in [0.1, 0.15) is 5.75 Å². The lowest BCUT2D eigenvalue weighted by molar-refractivity contribution is 0.414. The predicted molar refractivity (Wildman–Crippen MR) is 136 cm³/mol. The quantitative estimate of drug-likeness (QED) is 0.393. The number of anilines is 1. The Hall–Kier alpha value is -3.64. The number of thiocarbonyl (C=S) groups is 1. The second kappa shape index (κ2) is 8.71. The lowest BCUT2D eigenvalue weighted by Gasteiger charge is -2.28. The fourth-order valence-electron chi connectivity index (χ4n) is 4.75. The van der Waals surface area contributed by atoms with Gasteiger partial charge in [-0.1, -0.05) is 24.3 Å². The number of ether oxygens (including phenoxy) is 1. The van der Waals surface area contributed by atoms with Crippen LogP contribution in [-0.2, 0) is 0 Å². The van der Waals surface area contributed by atoms with E-state index in [0.717, 1.165) is 22.8 Å². The molecule has 1 saturated heterocycles. The summed E-state index contributed by atoms with van der Waals surface area (Å²) < 4.78 is 7.63. The molecular formula is C27H26N4OS. The fourth-order valence-corrected chi connectivity index (χ4v) is 5.10. The summed E-state index contributed by atoms with van der Waals surface area (Å²) in [7, 11) is 1.69. The van der Waals surface area contributed by atoms with Crippen molar-refractivity contribution < 1.29 is 4.74 Å². The van der Waals surface area contributed by atoms with Crippen LogP contribution in [-0.4, -0.2) is 21.8 Å². The Bertz CT molecular complexity index is 1270. The van der Waals surface area contributed by atoms with Crippen molar-refractivity contribution in [2.24, 2.45) is 0 Å². The van der Waals surface area contributed by atoms with Gasteiger partial charge >= 0.3 is 0 Å². The van der Waals surface area contributed by atoms with Gasteiger partial charge < -0.3 is 19.5 Å². The van der Waals surface area contributed by atoms with Gasteiger partial charge in [0.25, 0.3) is 0 Å². The number of methoxy groups -OCH3 is 1. The first kappa shape index (κ1) is 21.2. The van der Waals surface area contributed by atoms with Crippen molar-refractivity contribution in [1.82, 2.24) is 14.9 Å². The van der Waals surface area contributed by atoms with Crippen LogP contribution in [0.15, 0.2) is 85.1 Å². The molecule has 2 aromatic carbocycles. The van der Waals surface area contributed by atoms with Gasteiger partial charge in [-0.2, -0.15) is 0 Å². The molecule has 0 spiro atoms.